The van der Waals surface area contributed by atoms with Gasteiger partial charge in [-0.15, -0.1) is 0 Å². The number of anilines is 3. The van der Waals surface area contributed by atoms with Crippen molar-refractivity contribution in [2.24, 2.45) is 0 Å². The Labute approximate surface area is 163 Å². The summed E-state index contributed by atoms with van der Waals surface area (Å²) in [5.41, 5.74) is 3.21. The quantitative estimate of drug-likeness (QED) is 0.602. The summed E-state index contributed by atoms with van der Waals surface area (Å²) < 4.78 is 9.87. The highest BCUT2D eigenvalue weighted by Gasteiger charge is 2.06. The predicted molar refractivity (Wildman–Crippen MR) is 108 cm³/mol. The lowest BCUT2D eigenvalue weighted by Crippen LogP contribution is -2.06. The summed E-state index contributed by atoms with van der Waals surface area (Å²) in [6, 6.07) is 16.7. The molecule has 1 heterocycles. The van der Waals surface area contributed by atoms with Crippen LogP contribution < -0.4 is 15.4 Å². The summed E-state index contributed by atoms with van der Waals surface area (Å²) in [6.07, 6.45) is 0. The lowest BCUT2D eigenvalue weighted by molar-refractivity contribution is 0.0601. The van der Waals surface area contributed by atoms with Crippen LogP contribution in [-0.4, -0.2) is 30.2 Å². The average molecular weight is 378 g/mol. The second-order valence-electron chi connectivity index (χ2n) is 6.11. The van der Waals surface area contributed by atoms with E-state index in [2.05, 4.69) is 20.6 Å². The van der Waals surface area contributed by atoms with Gasteiger partial charge in [0.2, 0.25) is 5.95 Å². The highest BCUT2D eigenvalue weighted by atomic mass is 16.5. The molecule has 0 saturated heterocycles. The van der Waals surface area contributed by atoms with Crippen LogP contribution in [0.25, 0.3) is 0 Å². The summed E-state index contributed by atoms with van der Waals surface area (Å²) in [5, 5.41) is 6.46. The van der Waals surface area contributed by atoms with Crippen LogP contribution >= 0.6 is 0 Å². The summed E-state index contributed by atoms with van der Waals surface area (Å²) in [7, 11) is 3.00. The third kappa shape index (κ3) is 4.97. The minimum Gasteiger partial charge on any atom is -0.497 e. The molecule has 0 bridgehead atoms. The molecule has 7 nitrogen and oxygen atoms in total. The van der Waals surface area contributed by atoms with Crippen molar-refractivity contribution in [2.45, 2.75) is 13.5 Å². The van der Waals surface area contributed by atoms with Crippen LogP contribution in [0, 0.1) is 6.92 Å². The standard InChI is InChI=1S/C21H22N4O3/c1-14-12-19(22-13-15-4-10-18(27-2)11-5-15)25-21(23-14)24-17-8-6-16(7-9-17)20(26)28-3/h4-12H,13H2,1-3H3,(H2,22,23,24,25). The minimum atomic E-state index is -0.372. The molecule has 0 atom stereocenters. The summed E-state index contributed by atoms with van der Waals surface area (Å²) >= 11 is 0. The molecule has 0 radical (unpaired) electrons. The van der Waals surface area contributed by atoms with Crippen molar-refractivity contribution in [1.29, 1.82) is 0 Å². The first kappa shape index (κ1) is 19.2. The Kier molecular flexibility index (Phi) is 6.06. The van der Waals surface area contributed by atoms with E-state index in [1.165, 1.54) is 7.11 Å². The van der Waals surface area contributed by atoms with Crippen LogP contribution in [0.5, 0.6) is 5.75 Å². The first-order chi connectivity index (χ1) is 13.6. The Hall–Kier alpha value is -3.61. The zero-order chi connectivity index (χ0) is 19.9. The molecule has 28 heavy (non-hydrogen) atoms. The first-order valence-corrected chi connectivity index (χ1v) is 8.75. The third-order valence-corrected chi connectivity index (χ3v) is 4.05. The van der Waals surface area contributed by atoms with E-state index in [9.17, 15) is 4.79 Å². The van der Waals surface area contributed by atoms with Crippen molar-refractivity contribution in [3.63, 3.8) is 0 Å². The second-order valence-corrected chi connectivity index (χ2v) is 6.11. The van der Waals surface area contributed by atoms with Crippen molar-refractivity contribution >= 4 is 23.4 Å². The second kappa shape index (κ2) is 8.85. The van der Waals surface area contributed by atoms with Gasteiger partial charge in [0.15, 0.2) is 0 Å². The third-order valence-electron chi connectivity index (χ3n) is 4.05. The fraction of sp³-hybridized carbons (Fsp3) is 0.190. The number of nitrogens with one attached hydrogen (secondary N) is 2. The van der Waals surface area contributed by atoms with E-state index in [0.29, 0.717) is 18.1 Å². The Morgan fingerprint density at radius 3 is 2.36 bits per heavy atom. The molecular weight excluding hydrogens is 356 g/mol. The van der Waals surface area contributed by atoms with Gasteiger partial charge in [-0.05, 0) is 48.9 Å². The molecule has 0 amide bonds. The predicted octanol–water partition coefficient (Wildman–Crippen LogP) is 3.94. The average Bonchev–Trinajstić information content (AvgIpc) is 2.72. The number of aryl methyl sites for hydroxylation is 1. The minimum absolute atomic E-state index is 0.372. The maximum absolute atomic E-state index is 11.5. The topological polar surface area (TPSA) is 85.4 Å². The Morgan fingerprint density at radius 1 is 1.00 bits per heavy atom. The van der Waals surface area contributed by atoms with Crippen molar-refractivity contribution in [1.82, 2.24) is 9.97 Å². The fourth-order valence-corrected chi connectivity index (χ4v) is 2.59. The number of esters is 1. The number of carbonyl (C=O) groups excluding carboxylic acids is 1. The van der Waals surface area contributed by atoms with Gasteiger partial charge in [-0.3, -0.25) is 0 Å². The summed E-state index contributed by atoms with van der Waals surface area (Å²) in [5.74, 6) is 1.65. The van der Waals surface area contributed by atoms with E-state index < -0.39 is 0 Å². The van der Waals surface area contributed by atoms with Gasteiger partial charge in [0.25, 0.3) is 0 Å². The molecule has 0 unspecified atom stereocenters. The van der Waals surface area contributed by atoms with Crippen LogP contribution in [0.1, 0.15) is 21.6 Å². The number of nitrogens with zero attached hydrogens (tertiary/aromatic N) is 2. The van der Waals surface area contributed by atoms with E-state index in [4.69, 9.17) is 9.47 Å². The van der Waals surface area contributed by atoms with Crippen LogP contribution in [0.2, 0.25) is 0 Å². The van der Waals surface area contributed by atoms with Gasteiger partial charge >= 0.3 is 5.97 Å². The molecule has 2 N–H and O–H groups in total. The molecule has 2 aromatic carbocycles. The molecular formula is C21H22N4O3. The van der Waals surface area contributed by atoms with Crippen LogP contribution in [0.15, 0.2) is 54.6 Å². The lowest BCUT2D eigenvalue weighted by Gasteiger charge is -2.11. The van der Waals surface area contributed by atoms with Crippen molar-refractivity contribution < 1.29 is 14.3 Å². The number of aromatic nitrogens is 2. The number of carbonyl (C=O) groups is 1. The normalized spacial score (nSPS) is 10.2. The molecule has 7 heteroatoms. The zero-order valence-electron chi connectivity index (χ0n) is 16.0. The monoisotopic (exact) mass is 378 g/mol. The number of ether oxygens (including phenoxy) is 2. The maximum atomic E-state index is 11.5. The molecule has 0 aliphatic carbocycles. The molecule has 144 valence electrons. The molecule has 0 aliphatic heterocycles. The summed E-state index contributed by atoms with van der Waals surface area (Å²) in [4.78, 5) is 20.4. The Bertz CT molecular complexity index is 941. The SMILES string of the molecule is COC(=O)c1ccc(Nc2nc(C)cc(NCc3ccc(OC)cc3)n2)cc1. The molecule has 0 aliphatic rings. The van der Waals surface area contributed by atoms with E-state index in [1.807, 2.05) is 37.3 Å². The maximum Gasteiger partial charge on any atom is 0.337 e. The lowest BCUT2D eigenvalue weighted by atomic mass is 10.2. The summed E-state index contributed by atoms with van der Waals surface area (Å²) in [6.45, 7) is 2.54. The number of hydrogen-bond acceptors (Lipinski definition) is 7. The van der Waals surface area contributed by atoms with Crippen molar-refractivity contribution in [3.05, 3.63) is 71.4 Å². The number of hydrogen-bond donors (Lipinski definition) is 2. The van der Waals surface area contributed by atoms with E-state index in [1.54, 1.807) is 31.4 Å². The molecule has 0 fully saturated rings. The van der Waals surface area contributed by atoms with Crippen LogP contribution in [0.3, 0.4) is 0 Å². The fourth-order valence-electron chi connectivity index (χ4n) is 2.59. The smallest absolute Gasteiger partial charge is 0.337 e. The van der Waals surface area contributed by atoms with Crippen molar-refractivity contribution in [2.75, 3.05) is 24.9 Å². The highest BCUT2D eigenvalue weighted by molar-refractivity contribution is 5.89. The van der Waals surface area contributed by atoms with E-state index in [-0.39, 0.29) is 5.97 Å². The molecule has 1 aromatic heterocycles. The number of benzene rings is 2. The molecule has 0 saturated carbocycles. The highest BCUT2D eigenvalue weighted by Crippen LogP contribution is 2.18. The van der Waals surface area contributed by atoms with E-state index >= 15 is 0 Å². The zero-order valence-corrected chi connectivity index (χ0v) is 16.0. The Morgan fingerprint density at radius 2 is 1.71 bits per heavy atom. The number of methoxy groups -OCH3 is 2. The molecule has 3 aromatic rings. The van der Waals surface area contributed by atoms with Gasteiger partial charge in [0.05, 0.1) is 19.8 Å². The van der Waals surface area contributed by atoms with Gasteiger partial charge in [-0.1, -0.05) is 12.1 Å². The van der Waals surface area contributed by atoms with E-state index in [0.717, 1.165) is 28.5 Å². The van der Waals surface area contributed by atoms with Crippen LogP contribution in [-0.2, 0) is 11.3 Å². The van der Waals surface area contributed by atoms with Gasteiger partial charge in [0, 0.05) is 24.0 Å². The van der Waals surface area contributed by atoms with Crippen molar-refractivity contribution in [3.8, 4) is 5.75 Å². The Balaban J connectivity index is 1.67. The van der Waals surface area contributed by atoms with Gasteiger partial charge in [-0.2, -0.15) is 4.98 Å². The van der Waals surface area contributed by atoms with Gasteiger partial charge < -0.3 is 20.1 Å². The van der Waals surface area contributed by atoms with Crippen LogP contribution in [0.4, 0.5) is 17.5 Å². The molecule has 3 rings (SSSR count). The van der Waals surface area contributed by atoms with Gasteiger partial charge in [0.1, 0.15) is 11.6 Å². The molecule has 0 spiro atoms. The largest absolute Gasteiger partial charge is 0.497 e. The first-order valence-electron chi connectivity index (χ1n) is 8.75. The number of rotatable bonds is 7. The van der Waals surface area contributed by atoms with Gasteiger partial charge in [-0.25, -0.2) is 9.78 Å².